The van der Waals surface area contributed by atoms with Crippen LogP contribution in [-0.4, -0.2) is 12.5 Å². The first-order valence-corrected chi connectivity index (χ1v) is 9.42. The van der Waals surface area contributed by atoms with Gasteiger partial charge in [0.05, 0.1) is 4.47 Å². The maximum Gasteiger partial charge on any atom is 0.262 e. The molecule has 0 bridgehead atoms. The van der Waals surface area contributed by atoms with Crippen molar-refractivity contribution >= 4 is 39.1 Å². The first-order chi connectivity index (χ1) is 13.1. The summed E-state index contributed by atoms with van der Waals surface area (Å²) in [5.74, 6) is 1.03. The van der Waals surface area contributed by atoms with Crippen LogP contribution in [0.4, 0.5) is 5.69 Å². The molecule has 27 heavy (non-hydrogen) atoms. The van der Waals surface area contributed by atoms with E-state index in [9.17, 15) is 4.79 Å². The van der Waals surface area contributed by atoms with Crippen molar-refractivity contribution in [2.75, 3.05) is 11.9 Å². The molecule has 138 valence electrons. The lowest BCUT2D eigenvalue weighted by Crippen LogP contribution is -2.20. The van der Waals surface area contributed by atoms with E-state index in [1.165, 1.54) is 0 Å². The van der Waals surface area contributed by atoms with Crippen molar-refractivity contribution < 1.29 is 14.3 Å². The van der Waals surface area contributed by atoms with Gasteiger partial charge in [-0.15, -0.1) is 0 Å². The summed E-state index contributed by atoms with van der Waals surface area (Å²) in [6.07, 6.45) is 0. The number of hydrogen-bond acceptors (Lipinski definition) is 3. The summed E-state index contributed by atoms with van der Waals surface area (Å²) in [6.45, 7) is 0.392. The highest BCUT2D eigenvalue weighted by atomic mass is 79.9. The standard InChI is InChI=1S/C21H17BrClNO3/c22-19-12-16(23)6-11-20(19)27-14-21(25)24-17-7-9-18(10-8-17)26-13-15-4-2-1-3-5-15/h1-12H,13-14H2,(H,24,25). The number of nitrogens with one attached hydrogen (secondary N) is 1. The van der Waals surface area contributed by atoms with E-state index in [0.29, 0.717) is 27.5 Å². The number of amides is 1. The second-order valence-electron chi connectivity index (χ2n) is 5.71. The Morgan fingerprint density at radius 3 is 2.41 bits per heavy atom. The highest BCUT2D eigenvalue weighted by molar-refractivity contribution is 9.10. The van der Waals surface area contributed by atoms with E-state index in [1.54, 1.807) is 30.3 Å². The van der Waals surface area contributed by atoms with Gasteiger partial charge in [0.1, 0.15) is 18.1 Å². The first kappa shape index (κ1) is 19.3. The molecule has 4 nitrogen and oxygen atoms in total. The average molecular weight is 447 g/mol. The van der Waals surface area contributed by atoms with Crippen LogP contribution in [0.15, 0.2) is 77.3 Å². The van der Waals surface area contributed by atoms with Gasteiger partial charge in [0.2, 0.25) is 0 Å². The molecule has 3 aromatic rings. The fraction of sp³-hybridized carbons (Fsp3) is 0.0952. The van der Waals surface area contributed by atoms with Crippen molar-refractivity contribution in [2.45, 2.75) is 6.61 Å². The van der Waals surface area contributed by atoms with Crippen molar-refractivity contribution in [2.24, 2.45) is 0 Å². The van der Waals surface area contributed by atoms with Gasteiger partial charge in [-0.1, -0.05) is 41.9 Å². The minimum Gasteiger partial charge on any atom is -0.489 e. The summed E-state index contributed by atoms with van der Waals surface area (Å²) < 4.78 is 11.9. The molecule has 0 aliphatic heterocycles. The quantitative estimate of drug-likeness (QED) is 0.506. The number of carbonyl (C=O) groups is 1. The van der Waals surface area contributed by atoms with Crippen LogP contribution < -0.4 is 14.8 Å². The number of benzene rings is 3. The van der Waals surface area contributed by atoms with E-state index in [-0.39, 0.29) is 12.5 Å². The van der Waals surface area contributed by atoms with Gasteiger partial charge in [-0.2, -0.15) is 0 Å². The van der Waals surface area contributed by atoms with Gasteiger partial charge in [-0.05, 0) is 64.0 Å². The number of ether oxygens (including phenoxy) is 2. The maximum atomic E-state index is 12.1. The highest BCUT2D eigenvalue weighted by Gasteiger charge is 2.07. The maximum absolute atomic E-state index is 12.1. The lowest BCUT2D eigenvalue weighted by Gasteiger charge is -2.10. The summed E-state index contributed by atoms with van der Waals surface area (Å²) in [7, 11) is 0. The molecule has 0 unspecified atom stereocenters. The molecule has 0 spiro atoms. The molecule has 0 saturated heterocycles. The zero-order chi connectivity index (χ0) is 19.1. The molecular weight excluding hydrogens is 430 g/mol. The van der Waals surface area contributed by atoms with E-state index in [2.05, 4.69) is 21.2 Å². The average Bonchev–Trinajstić information content (AvgIpc) is 2.67. The van der Waals surface area contributed by atoms with E-state index >= 15 is 0 Å². The monoisotopic (exact) mass is 445 g/mol. The molecule has 1 amide bonds. The Bertz CT molecular complexity index is 901. The summed E-state index contributed by atoms with van der Waals surface area (Å²) in [6, 6.07) is 22.3. The molecule has 1 N–H and O–H groups in total. The summed E-state index contributed by atoms with van der Waals surface area (Å²) in [4.78, 5) is 12.1. The molecule has 3 aromatic carbocycles. The molecule has 0 radical (unpaired) electrons. The van der Waals surface area contributed by atoms with Gasteiger partial charge in [0.25, 0.3) is 5.91 Å². The second kappa shape index (κ2) is 9.44. The van der Waals surface area contributed by atoms with Crippen LogP contribution in [0.2, 0.25) is 5.02 Å². The third kappa shape index (κ3) is 6.01. The number of hydrogen-bond donors (Lipinski definition) is 1. The predicted octanol–water partition coefficient (Wildman–Crippen LogP) is 5.70. The van der Waals surface area contributed by atoms with Gasteiger partial charge in [0.15, 0.2) is 6.61 Å². The van der Waals surface area contributed by atoms with E-state index in [0.717, 1.165) is 11.3 Å². The molecule has 0 fully saturated rings. The van der Waals surface area contributed by atoms with Crippen molar-refractivity contribution in [3.8, 4) is 11.5 Å². The van der Waals surface area contributed by atoms with Crippen molar-refractivity contribution in [1.29, 1.82) is 0 Å². The van der Waals surface area contributed by atoms with E-state index in [1.807, 2.05) is 42.5 Å². The Morgan fingerprint density at radius 2 is 1.70 bits per heavy atom. The van der Waals surface area contributed by atoms with Crippen LogP contribution in [0.3, 0.4) is 0 Å². The molecule has 3 rings (SSSR count). The number of rotatable bonds is 7. The summed E-state index contributed by atoms with van der Waals surface area (Å²) >= 11 is 9.23. The predicted molar refractivity (Wildman–Crippen MR) is 110 cm³/mol. The van der Waals surface area contributed by atoms with Crippen LogP contribution in [0, 0.1) is 0 Å². The lowest BCUT2D eigenvalue weighted by molar-refractivity contribution is -0.118. The lowest BCUT2D eigenvalue weighted by atomic mass is 10.2. The van der Waals surface area contributed by atoms with Crippen molar-refractivity contribution in [3.05, 3.63) is 87.9 Å². The molecule has 0 aromatic heterocycles. The minimum absolute atomic E-state index is 0.105. The Hall–Kier alpha value is -2.50. The number of halogens is 2. The Morgan fingerprint density at radius 1 is 0.963 bits per heavy atom. The molecule has 6 heteroatoms. The van der Waals surface area contributed by atoms with Crippen LogP contribution in [0.1, 0.15) is 5.56 Å². The molecule has 0 aliphatic carbocycles. The zero-order valence-corrected chi connectivity index (χ0v) is 16.7. The van der Waals surface area contributed by atoms with Gasteiger partial charge < -0.3 is 14.8 Å². The molecule has 0 heterocycles. The fourth-order valence-electron chi connectivity index (χ4n) is 2.31. The molecule has 0 atom stereocenters. The number of anilines is 1. The van der Waals surface area contributed by atoms with Crippen molar-refractivity contribution in [3.63, 3.8) is 0 Å². The first-order valence-electron chi connectivity index (χ1n) is 8.24. The van der Waals surface area contributed by atoms with Gasteiger partial charge >= 0.3 is 0 Å². The van der Waals surface area contributed by atoms with E-state index < -0.39 is 0 Å². The topological polar surface area (TPSA) is 47.6 Å². The van der Waals surface area contributed by atoms with Crippen LogP contribution >= 0.6 is 27.5 Å². The Labute approximate surface area is 171 Å². The second-order valence-corrected chi connectivity index (χ2v) is 7.00. The molecule has 0 saturated carbocycles. The fourth-order valence-corrected chi connectivity index (χ4v) is 3.11. The van der Waals surface area contributed by atoms with Gasteiger partial charge in [-0.25, -0.2) is 0 Å². The number of carbonyl (C=O) groups excluding carboxylic acids is 1. The Kier molecular flexibility index (Phi) is 6.74. The zero-order valence-electron chi connectivity index (χ0n) is 14.3. The molecular formula is C21H17BrClNO3. The van der Waals surface area contributed by atoms with Crippen LogP contribution in [0.25, 0.3) is 0 Å². The van der Waals surface area contributed by atoms with Crippen LogP contribution in [-0.2, 0) is 11.4 Å². The highest BCUT2D eigenvalue weighted by Crippen LogP contribution is 2.28. The minimum atomic E-state index is -0.255. The summed E-state index contributed by atoms with van der Waals surface area (Å²) in [5, 5.41) is 3.37. The third-order valence-electron chi connectivity index (χ3n) is 3.64. The normalized spacial score (nSPS) is 10.3. The van der Waals surface area contributed by atoms with Crippen LogP contribution in [0.5, 0.6) is 11.5 Å². The summed E-state index contributed by atoms with van der Waals surface area (Å²) in [5.41, 5.74) is 1.77. The third-order valence-corrected chi connectivity index (χ3v) is 4.49. The van der Waals surface area contributed by atoms with Crippen molar-refractivity contribution in [1.82, 2.24) is 0 Å². The SMILES string of the molecule is O=C(COc1ccc(Cl)cc1Br)Nc1ccc(OCc2ccccc2)cc1. The smallest absolute Gasteiger partial charge is 0.262 e. The Balaban J connectivity index is 1.48. The largest absolute Gasteiger partial charge is 0.489 e. The molecule has 0 aliphatic rings. The van der Waals surface area contributed by atoms with E-state index in [4.69, 9.17) is 21.1 Å². The van der Waals surface area contributed by atoms with Gasteiger partial charge in [0, 0.05) is 10.7 Å². The van der Waals surface area contributed by atoms with Gasteiger partial charge in [-0.3, -0.25) is 4.79 Å².